The van der Waals surface area contributed by atoms with Gasteiger partial charge < -0.3 is 20.7 Å². The van der Waals surface area contributed by atoms with Gasteiger partial charge in [0.15, 0.2) is 5.11 Å². The van der Waals surface area contributed by atoms with Crippen LogP contribution in [0, 0.1) is 11.6 Å². The maximum Gasteiger partial charge on any atom is 0.410 e. The first-order valence-electron chi connectivity index (χ1n) is 8.05. The summed E-state index contributed by atoms with van der Waals surface area (Å²) in [6.07, 6.45) is 0.515. The van der Waals surface area contributed by atoms with Crippen molar-refractivity contribution in [2.75, 3.05) is 26.7 Å². The lowest BCUT2D eigenvalue weighted by atomic mass is 9.88. The molecule has 28 heavy (non-hydrogen) atoms. The molecule has 1 aromatic rings. The molecule has 1 fully saturated rings. The summed E-state index contributed by atoms with van der Waals surface area (Å²) in [6, 6.07) is 2.68. The normalized spacial score (nSPS) is 22.0. The van der Waals surface area contributed by atoms with E-state index in [1.165, 1.54) is 13.1 Å². The maximum atomic E-state index is 14.7. The number of likely N-dealkylation sites (tertiary alicyclic amines) is 1. The highest BCUT2D eigenvalue weighted by molar-refractivity contribution is 7.90. The Hall–Kier alpha value is -2.31. The van der Waals surface area contributed by atoms with Crippen molar-refractivity contribution in [3.05, 3.63) is 48.1 Å². The number of rotatable bonds is 6. The number of thiocarbonyl (C=S) groups is 1. The quantitative estimate of drug-likeness (QED) is 0.443. The lowest BCUT2D eigenvalue weighted by Gasteiger charge is -2.35. The molecule has 1 aliphatic rings. The molecule has 0 aliphatic carbocycles. The number of nitrogens with zero attached hydrogens (tertiary/aromatic N) is 1. The average molecular weight is 434 g/mol. The van der Waals surface area contributed by atoms with Crippen molar-refractivity contribution in [2.45, 2.75) is 10.8 Å². The molecular weight excluding hydrogens is 414 g/mol. The summed E-state index contributed by atoms with van der Waals surface area (Å²) in [7, 11) is -2.89. The first kappa shape index (κ1) is 22.0. The minimum atomic E-state index is -4.07. The summed E-state index contributed by atoms with van der Waals surface area (Å²) in [5.74, 6) is -1.86. The van der Waals surface area contributed by atoms with Crippen LogP contribution in [0.1, 0.15) is 5.56 Å². The summed E-state index contributed by atoms with van der Waals surface area (Å²) in [5, 5.41) is 0.903. The van der Waals surface area contributed by atoms with Crippen molar-refractivity contribution in [1.29, 1.82) is 0 Å². The number of nitrogens with one attached hydrogen (secondary N) is 2. The molecule has 12 heteroatoms. The molecule has 2 unspecified atom stereocenters. The zero-order chi connectivity index (χ0) is 21.1. The monoisotopic (exact) mass is 434 g/mol. The number of carbonyl (C=O) groups excluding carboxylic acids is 1. The number of sulfonamides is 1. The first-order chi connectivity index (χ1) is 13.1. The third kappa shape index (κ3) is 4.23. The van der Waals surface area contributed by atoms with Crippen LogP contribution < -0.4 is 15.8 Å². The van der Waals surface area contributed by atoms with Gasteiger partial charge in [0.1, 0.15) is 29.0 Å². The highest BCUT2D eigenvalue weighted by Gasteiger charge is 2.56. The fourth-order valence-electron chi connectivity index (χ4n) is 3.21. The van der Waals surface area contributed by atoms with Gasteiger partial charge in [0.2, 0.25) is 10.0 Å². The summed E-state index contributed by atoms with van der Waals surface area (Å²) in [5.41, 5.74) is 3.61. The molecule has 1 aromatic carbocycles. The standard InChI is InChI=1S/C16H20F2N4O4S2/c1-3-6-26-15(23)22-8-13(28(24,25)20-2)16(9-22,21-14(19)27)11-5-4-10(17)7-12(11)18/h3-5,7,13,20H,1,6,8-9H2,2H3,(H3,19,21,27). The SMILES string of the molecule is C=CCOC(=O)N1CC(S(=O)(=O)NC)C(NC(N)=S)(c2ccc(F)cc2F)C1. The molecule has 1 saturated heterocycles. The molecule has 1 heterocycles. The average Bonchev–Trinajstić information content (AvgIpc) is 2.99. The van der Waals surface area contributed by atoms with E-state index in [9.17, 15) is 22.0 Å². The number of nitrogens with two attached hydrogens (primary N) is 1. The second kappa shape index (κ2) is 8.37. The molecule has 4 N–H and O–H groups in total. The van der Waals surface area contributed by atoms with Crippen LogP contribution in [0.5, 0.6) is 0 Å². The van der Waals surface area contributed by atoms with Gasteiger partial charge in [-0.15, -0.1) is 0 Å². The number of amides is 1. The second-order valence-corrected chi connectivity index (χ2v) is 8.58. The van der Waals surface area contributed by atoms with Crippen LogP contribution >= 0.6 is 12.2 Å². The van der Waals surface area contributed by atoms with Gasteiger partial charge in [0.05, 0.1) is 6.54 Å². The molecule has 0 radical (unpaired) electrons. The van der Waals surface area contributed by atoms with Crippen LogP contribution in [0.4, 0.5) is 13.6 Å². The van der Waals surface area contributed by atoms with E-state index in [1.54, 1.807) is 0 Å². The molecule has 1 aliphatic heterocycles. The Bertz CT molecular complexity index is 897. The highest BCUT2D eigenvalue weighted by Crippen LogP contribution is 2.38. The van der Waals surface area contributed by atoms with Crippen molar-refractivity contribution in [1.82, 2.24) is 14.9 Å². The van der Waals surface area contributed by atoms with E-state index in [0.717, 1.165) is 17.0 Å². The maximum absolute atomic E-state index is 14.7. The van der Waals surface area contributed by atoms with E-state index in [4.69, 9.17) is 22.7 Å². The number of halogens is 2. The van der Waals surface area contributed by atoms with Gasteiger partial charge in [-0.2, -0.15) is 0 Å². The van der Waals surface area contributed by atoms with Gasteiger partial charge in [0, 0.05) is 18.2 Å². The molecule has 2 rings (SSSR count). The predicted octanol–water partition coefficient (Wildman–Crippen LogP) is 0.549. The number of hydrogen-bond acceptors (Lipinski definition) is 5. The number of ether oxygens (including phenoxy) is 1. The Morgan fingerprint density at radius 2 is 2.21 bits per heavy atom. The molecule has 8 nitrogen and oxygen atoms in total. The number of carbonyl (C=O) groups is 1. The largest absolute Gasteiger partial charge is 0.445 e. The third-order valence-electron chi connectivity index (χ3n) is 4.38. The first-order valence-corrected chi connectivity index (χ1v) is 10.0. The number of hydrogen-bond donors (Lipinski definition) is 3. The molecule has 0 aromatic heterocycles. The Morgan fingerprint density at radius 1 is 1.54 bits per heavy atom. The Balaban J connectivity index is 2.64. The van der Waals surface area contributed by atoms with E-state index in [2.05, 4.69) is 16.6 Å². The van der Waals surface area contributed by atoms with Crippen LogP contribution in [-0.2, 0) is 20.3 Å². The fourth-order valence-corrected chi connectivity index (χ4v) is 4.84. The second-order valence-electron chi connectivity index (χ2n) is 6.07. The summed E-state index contributed by atoms with van der Waals surface area (Å²) in [4.78, 5) is 13.4. The minimum Gasteiger partial charge on any atom is -0.445 e. The van der Waals surface area contributed by atoms with Crippen LogP contribution in [0.3, 0.4) is 0 Å². The lowest BCUT2D eigenvalue weighted by Crippen LogP contribution is -2.59. The summed E-state index contributed by atoms with van der Waals surface area (Å²) in [6.45, 7) is 2.65. The molecule has 0 spiro atoms. The Labute approximate surface area is 166 Å². The molecule has 2 atom stereocenters. The van der Waals surface area contributed by atoms with Crippen LogP contribution in [0.25, 0.3) is 0 Å². The molecule has 1 amide bonds. The van der Waals surface area contributed by atoms with Crippen LogP contribution in [-0.4, -0.2) is 56.5 Å². The van der Waals surface area contributed by atoms with Crippen molar-refractivity contribution in [3.8, 4) is 0 Å². The third-order valence-corrected chi connectivity index (χ3v) is 6.35. The zero-order valence-electron chi connectivity index (χ0n) is 14.9. The summed E-state index contributed by atoms with van der Waals surface area (Å²) < 4.78 is 60.6. The minimum absolute atomic E-state index is 0.0978. The van der Waals surface area contributed by atoms with E-state index in [0.29, 0.717) is 6.07 Å². The van der Waals surface area contributed by atoms with Crippen molar-refractivity contribution in [3.63, 3.8) is 0 Å². The number of benzene rings is 1. The van der Waals surface area contributed by atoms with Gasteiger partial charge in [-0.3, -0.25) is 0 Å². The smallest absolute Gasteiger partial charge is 0.410 e. The van der Waals surface area contributed by atoms with E-state index in [-0.39, 0.29) is 30.4 Å². The molecule has 0 saturated carbocycles. The molecule has 154 valence electrons. The van der Waals surface area contributed by atoms with Crippen molar-refractivity contribution in [2.24, 2.45) is 5.73 Å². The van der Waals surface area contributed by atoms with E-state index in [1.807, 2.05) is 0 Å². The topological polar surface area (TPSA) is 114 Å². The zero-order valence-corrected chi connectivity index (χ0v) is 16.6. The van der Waals surface area contributed by atoms with Gasteiger partial charge >= 0.3 is 6.09 Å². The van der Waals surface area contributed by atoms with Crippen molar-refractivity contribution < 1.29 is 26.7 Å². The molecule has 0 bridgehead atoms. The van der Waals surface area contributed by atoms with Gasteiger partial charge in [-0.25, -0.2) is 26.7 Å². The van der Waals surface area contributed by atoms with Gasteiger partial charge in [-0.1, -0.05) is 18.7 Å². The van der Waals surface area contributed by atoms with E-state index >= 15 is 0 Å². The Kier molecular flexibility index (Phi) is 6.57. The van der Waals surface area contributed by atoms with Gasteiger partial charge in [-0.05, 0) is 25.3 Å². The summed E-state index contributed by atoms with van der Waals surface area (Å²) >= 11 is 4.87. The molecular formula is C16H20F2N4O4S2. The van der Waals surface area contributed by atoms with Crippen LogP contribution in [0.15, 0.2) is 30.9 Å². The predicted molar refractivity (Wildman–Crippen MR) is 103 cm³/mol. The lowest BCUT2D eigenvalue weighted by molar-refractivity contribution is 0.118. The van der Waals surface area contributed by atoms with Crippen LogP contribution in [0.2, 0.25) is 0 Å². The fraction of sp³-hybridized carbons (Fsp3) is 0.375. The Morgan fingerprint density at radius 3 is 2.75 bits per heavy atom. The van der Waals surface area contributed by atoms with Gasteiger partial charge in [0.25, 0.3) is 0 Å². The van der Waals surface area contributed by atoms with E-state index < -0.39 is 38.5 Å². The highest BCUT2D eigenvalue weighted by atomic mass is 32.2. The van der Waals surface area contributed by atoms with Crippen molar-refractivity contribution >= 4 is 33.4 Å².